The van der Waals surface area contributed by atoms with E-state index in [1.54, 1.807) is 23.9 Å². The van der Waals surface area contributed by atoms with Crippen LogP contribution in [0.4, 0.5) is 10.3 Å². The highest BCUT2D eigenvalue weighted by molar-refractivity contribution is 7.98. The van der Waals surface area contributed by atoms with Crippen molar-refractivity contribution in [3.05, 3.63) is 66.1 Å². The van der Waals surface area contributed by atoms with Crippen molar-refractivity contribution in [3.63, 3.8) is 0 Å². The zero-order chi connectivity index (χ0) is 16.1. The second-order valence-corrected chi connectivity index (χ2v) is 5.76. The Kier molecular flexibility index (Phi) is 4.83. The molecule has 0 fully saturated rings. The molecule has 2 aromatic carbocycles. The van der Waals surface area contributed by atoms with Crippen LogP contribution in [0.25, 0.3) is 11.3 Å². The summed E-state index contributed by atoms with van der Waals surface area (Å²) >= 11 is 1.71. The van der Waals surface area contributed by atoms with Crippen molar-refractivity contribution in [2.24, 2.45) is 0 Å². The Morgan fingerprint density at radius 1 is 1.13 bits per heavy atom. The van der Waals surface area contributed by atoms with Crippen molar-refractivity contribution in [2.45, 2.75) is 11.4 Å². The largest absolute Gasteiger partial charge is 0.349 e. The summed E-state index contributed by atoms with van der Waals surface area (Å²) in [5, 5.41) is 11.0. The maximum Gasteiger partial charge on any atom is 0.243 e. The molecule has 0 aliphatic rings. The summed E-state index contributed by atoms with van der Waals surface area (Å²) in [5.74, 6) is 0.116. The third kappa shape index (κ3) is 4.04. The zero-order valence-corrected chi connectivity index (χ0v) is 13.3. The highest BCUT2D eigenvalue weighted by Crippen LogP contribution is 2.18. The van der Waals surface area contributed by atoms with Gasteiger partial charge in [-0.15, -0.1) is 16.9 Å². The lowest BCUT2D eigenvalue weighted by atomic mass is 10.2. The standard InChI is InChI=1S/C17H15FN4S/c1-23-15-7-5-12(6-8-15)10-19-17-21-16(11-20-22-17)13-3-2-4-14(18)9-13/h2-9,11H,10H2,1H3,(H,19,21,22). The first-order valence-electron chi connectivity index (χ1n) is 7.07. The van der Waals surface area contributed by atoms with Crippen LogP contribution >= 0.6 is 11.8 Å². The molecule has 0 spiro atoms. The molecule has 0 aliphatic carbocycles. The molecule has 0 unspecified atom stereocenters. The molecule has 0 amide bonds. The summed E-state index contributed by atoms with van der Waals surface area (Å²) in [4.78, 5) is 5.60. The van der Waals surface area contributed by atoms with Crippen molar-refractivity contribution < 1.29 is 4.39 Å². The van der Waals surface area contributed by atoms with Gasteiger partial charge in [0.1, 0.15) is 5.82 Å². The van der Waals surface area contributed by atoms with Gasteiger partial charge in [-0.05, 0) is 36.1 Å². The van der Waals surface area contributed by atoms with Gasteiger partial charge in [-0.25, -0.2) is 9.37 Å². The number of halogens is 1. The molecule has 3 rings (SSSR count). The van der Waals surface area contributed by atoms with E-state index in [-0.39, 0.29) is 5.82 Å². The van der Waals surface area contributed by atoms with Gasteiger partial charge in [-0.1, -0.05) is 24.3 Å². The molecule has 6 heteroatoms. The van der Waals surface area contributed by atoms with Crippen molar-refractivity contribution >= 4 is 17.7 Å². The van der Waals surface area contributed by atoms with E-state index in [0.717, 1.165) is 5.56 Å². The van der Waals surface area contributed by atoms with Crippen LogP contribution in [-0.2, 0) is 6.54 Å². The molecule has 0 saturated heterocycles. The molecular formula is C17H15FN4S. The Morgan fingerprint density at radius 3 is 2.70 bits per heavy atom. The van der Waals surface area contributed by atoms with E-state index in [1.807, 2.05) is 6.26 Å². The van der Waals surface area contributed by atoms with Crippen LogP contribution in [0.2, 0.25) is 0 Å². The first-order chi connectivity index (χ1) is 11.2. The van der Waals surface area contributed by atoms with Gasteiger partial charge in [0.15, 0.2) is 0 Å². The van der Waals surface area contributed by atoms with Gasteiger partial charge in [-0.3, -0.25) is 0 Å². The van der Waals surface area contributed by atoms with Crippen molar-refractivity contribution in [1.82, 2.24) is 15.2 Å². The summed E-state index contributed by atoms with van der Waals surface area (Å²) < 4.78 is 13.3. The molecule has 0 bridgehead atoms. The summed E-state index contributed by atoms with van der Waals surface area (Å²) in [6.07, 6.45) is 3.57. The van der Waals surface area contributed by atoms with E-state index >= 15 is 0 Å². The van der Waals surface area contributed by atoms with E-state index in [1.165, 1.54) is 23.2 Å². The molecule has 0 radical (unpaired) electrons. The Bertz CT molecular complexity index is 793. The van der Waals surface area contributed by atoms with Crippen LogP contribution in [0.15, 0.2) is 59.6 Å². The highest BCUT2D eigenvalue weighted by Gasteiger charge is 2.04. The molecule has 3 aromatic rings. The lowest BCUT2D eigenvalue weighted by molar-refractivity contribution is 0.628. The van der Waals surface area contributed by atoms with E-state index in [9.17, 15) is 4.39 Å². The number of anilines is 1. The number of hydrogen-bond donors (Lipinski definition) is 1. The summed E-state index contributed by atoms with van der Waals surface area (Å²) in [7, 11) is 0. The lowest BCUT2D eigenvalue weighted by Crippen LogP contribution is -2.05. The fourth-order valence-corrected chi connectivity index (χ4v) is 2.50. The Hall–Kier alpha value is -2.47. The van der Waals surface area contributed by atoms with Crippen molar-refractivity contribution in [3.8, 4) is 11.3 Å². The van der Waals surface area contributed by atoms with E-state index < -0.39 is 0 Å². The topological polar surface area (TPSA) is 50.7 Å². The number of thioether (sulfide) groups is 1. The van der Waals surface area contributed by atoms with E-state index in [0.29, 0.717) is 23.8 Å². The smallest absolute Gasteiger partial charge is 0.243 e. The number of aromatic nitrogens is 3. The molecule has 116 valence electrons. The van der Waals surface area contributed by atoms with Gasteiger partial charge in [0.2, 0.25) is 5.95 Å². The second-order valence-electron chi connectivity index (χ2n) is 4.88. The number of nitrogens with zero attached hydrogens (tertiary/aromatic N) is 3. The maximum absolute atomic E-state index is 13.3. The van der Waals surface area contributed by atoms with Crippen LogP contribution in [0.5, 0.6) is 0 Å². The van der Waals surface area contributed by atoms with Gasteiger partial charge in [0.05, 0.1) is 11.9 Å². The Morgan fingerprint density at radius 2 is 1.96 bits per heavy atom. The molecule has 23 heavy (non-hydrogen) atoms. The molecular weight excluding hydrogens is 311 g/mol. The fraction of sp³-hybridized carbons (Fsp3) is 0.118. The number of rotatable bonds is 5. The van der Waals surface area contributed by atoms with E-state index in [2.05, 4.69) is 44.8 Å². The molecule has 1 N–H and O–H groups in total. The molecule has 4 nitrogen and oxygen atoms in total. The minimum Gasteiger partial charge on any atom is -0.349 e. The van der Waals surface area contributed by atoms with E-state index in [4.69, 9.17) is 0 Å². The van der Waals surface area contributed by atoms with Gasteiger partial charge < -0.3 is 5.32 Å². The minimum atomic E-state index is -0.301. The van der Waals surface area contributed by atoms with Crippen molar-refractivity contribution in [2.75, 3.05) is 11.6 Å². The third-order valence-corrected chi connectivity index (χ3v) is 4.03. The first-order valence-corrected chi connectivity index (χ1v) is 8.29. The van der Waals surface area contributed by atoms with Crippen molar-refractivity contribution in [1.29, 1.82) is 0 Å². The van der Waals surface area contributed by atoms with Gasteiger partial charge in [0.25, 0.3) is 0 Å². The average Bonchev–Trinajstić information content (AvgIpc) is 2.61. The predicted octanol–water partition coefficient (Wildman–Crippen LogP) is 4.01. The van der Waals surface area contributed by atoms with Crippen LogP contribution in [0.3, 0.4) is 0 Å². The molecule has 1 heterocycles. The normalized spacial score (nSPS) is 10.5. The number of benzene rings is 2. The third-order valence-electron chi connectivity index (χ3n) is 3.29. The average molecular weight is 326 g/mol. The lowest BCUT2D eigenvalue weighted by Gasteiger charge is -2.06. The summed E-state index contributed by atoms with van der Waals surface area (Å²) in [6, 6.07) is 14.5. The number of hydrogen-bond acceptors (Lipinski definition) is 5. The fourth-order valence-electron chi connectivity index (χ4n) is 2.09. The quantitative estimate of drug-likeness (QED) is 0.718. The molecule has 1 aromatic heterocycles. The number of nitrogens with one attached hydrogen (secondary N) is 1. The predicted molar refractivity (Wildman–Crippen MR) is 90.8 cm³/mol. The SMILES string of the molecule is CSc1ccc(CNc2nncc(-c3cccc(F)c3)n2)cc1. The first kappa shape index (κ1) is 15.4. The Labute approximate surface area is 138 Å². The van der Waals surface area contributed by atoms with Gasteiger partial charge in [-0.2, -0.15) is 5.10 Å². The highest BCUT2D eigenvalue weighted by atomic mass is 32.2. The monoisotopic (exact) mass is 326 g/mol. The summed E-state index contributed by atoms with van der Waals surface area (Å²) in [6.45, 7) is 0.600. The summed E-state index contributed by atoms with van der Waals surface area (Å²) in [5.41, 5.74) is 2.38. The molecule has 0 aliphatic heterocycles. The van der Waals surface area contributed by atoms with Gasteiger partial charge >= 0.3 is 0 Å². The van der Waals surface area contributed by atoms with Crippen LogP contribution in [0.1, 0.15) is 5.56 Å². The van der Waals surface area contributed by atoms with Gasteiger partial charge in [0, 0.05) is 17.0 Å². The van der Waals surface area contributed by atoms with Crippen LogP contribution in [0, 0.1) is 5.82 Å². The zero-order valence-electron chi connectivity index (χ0n) is 12.5. The maximum atomic E-state index is 13.3. The van der Waals surface area contributed by atoms with Crippen LogP contribution in [-0.4, -0.2) is 21.4 Å². The minimum absolute atomic E-state index is 0.301. The Balaban J connectivity index is 1.72. The molecule has 0 atom stereocenters. The second kappa shape index (κ2) is 7.19. The molecule has 0 saturated carbocycles. The van der Waals surface area contributed by atoms with Crippen LogP contribution < -0.4 is 5.32 Å².